The van der Waals surface area contributed by atoms with E-state index in [4.69, 9.17) is 23.1 Å². The van der Waals surface area contributed by atoms with E-state index in [1.165, 1.54) is 0 Å². The molecule has 4 N–H and O–H groups in total. The second-order valence-corrected chi connectivity index (χ2v) is 2.87. The van der Waals surface area contributed by atoms with Gasteiger partial charge in [-0.1, -0.05) is 11.6 Å². The van der Waals surface area contributed by atoms with Gasteiger partial charge in [0.15, 0.2) is 0 Å². The molecule has 0 saturated heterocycles. The molecule has 0 atom stereocenters. The third-order valence-corrected chi connectivity index (χ3v) is 1.63. The summed E-state index contributed by atoms with van der Waals surface area (Å²) in [4.78, 5) is 0. The molecule has 0 unspecified atom stereocenters. The molecule has 60 valence electrons. The number of hydrogen-bond donors (Lipinski definition) is 2. The highest BCUT2D eigenvalue weighted by molar-refractivity contribution is 6.30. The van der Waals surface area contributed by atoms with E-state index in [1.807, 2.05) is 12.1 Å². The van der Waals surface area contributed by atoms with Gasteiger partial charge in [-0.2, -0.15) is 0 Å². The van der Waals surface area contributed by atoms with Gasteiger partial charge in [-0.25, -0.2) is 0 Å². The molecule has 0 aliphatic heterocycles. The topological polar surface area (TPSA) is 52.0 Å². The smallest absolute Gasteiger partial charge is 0.0429 e. The van der Waals surface area contributed by atoms with Crippen LogP contribution < -0.4 is 11.5 Å². The van der Waals surface area contributed by atoms with Crippen molar-refractivity contribution in [3.63, 3.8) is 0 Å². The zero-order valence-corrected chi connectivity index (χ0v) is 6.93. The first-order valence-corrected chi connectivity index (χ1v) is 3.85. The highest BCUT2D eigenvalue weighted by Crippen LogP contribution is 2.16. The molecule has 0 fully saturated rings. The predicted octanol–water partition coefficient (Wildman–Crippen LogP) is 1.42. The minimum atomic E-state index is 0.625. The van der Waals surface area contributed by atoms with Crippen LogP contribution >= 0.6 is 11.6 Å². The van der Waals surface area contributed by atoms with Crippen molar-refractivity contribution in [3.05, 3.63) is 28.8 Å². The summed E-state index contributed by atoms with van der Waals surface area (Å²) in [5, 5.41) is 0.674. The molecule has 0 saturated carbocycles. The maximum absolute atomic E-state index is 5.77. The monoisotopic (exact) mass is 170 g/mol. The summed E-state index contributed by atoms with van der Waals surface area (Å²) in [7, 11) is 0. The summed E-state index contributed by atoms with van der Waals surface area (Å²) < 4.78 is 0. The second kappa shape index (κ2) is 3.60. The summed E-state index contributed by atoms with van der Waals surface area (Å²) in [6.45, 7) is 0.625. The zero-order chi connectivity index (χ0) is 8.27. The maximum atomic E-state index is 5.77. The van der Waals surface area contributed by atoms with Crippen molar-refractivity contribution in [1.82, 2.24) is 0 Å². The third-order valence-electron chi connectivity index (χ3n) is 1.41. The second-order valence-electron chi connectivity index (χ2n) is 2.43. The summed E-state index contributed by atoms with van der Waals surface area (Å²) in [6, 6.07) is 5.49. The Morgan fingerprint density at radius 1 is 1.27 bits per heavy atom. The van der Waals surface area contributed by atoms with E-state index in [9.17, 15) is 0 Å². The molecule has 2 nitrogen and oxygen atoms in total. The van der Waals surface area contributed by atoms with Crippen molar-refractivity contribution < 1.29 is 0 Å². The fraction of sp³-hybridized carbons (Fsp3) is 0.250. The molecule has 0 bridgehead atoms. The lowest BCUT2D eigenvalue weighted by atomic mass is 10.1. The van der Waals surface area contributed by atoms with Crippen LogP contribution in [0.4, 0.5) is 5.69 Å². The van der Waals surface area contributed by atoms with Crippen LogP contribution in [-0.4, -0.2) is 6.54 Å². The highest BCUT2D eigenvalue weighted by atomic mass is 35.5. The molecule has 0 aliphatic carbocycles. The van der Waals surface area contributed by atoms with Gasteiger partial charge in [0.1, 0.15) is 0 Å². The molecular weight excluding hydrogens is 160 g/mol. The van der Waals surface area contributed by atoms with Crippen LogP contribution in [0.3, 0.4) is 0 Å². The number of hydrogen-bond acceptors (Lipinski definition) is 2. The molecule has 0 spiro atoms. The van der Waals surface area contributed by atoms with E-state index >= 15 is 0 Å². The van der Waals surface area contributed by atoms with Crippen LogP contribution in [0, 0.1) is 0 Å². The fourth-order valence-electron chi connectivity index (χ4n) is 0.986. The Kier molecular flexibility index (Phi) is 2.74. The van der Waals surface area contributed by atoms with Crippen LogP contribution in [0.1, 0.15) is 5.56 Å². The molecule has 1 rings (SSSR count). The van der Waals surface area contributed by atoms with E-state index < -0.39 is 0 Å². The van der Waals surface area contributed by atoms with Gasteiger partial charge in [0.2, 0.25) is 0 Å². The number of nitrogen functional groups attached to an aromatic ring is 1. The highest BCUT2D eigenvalue weighted by Gasteiger charge is 1.95. The summed E-state index contributed by atoms with van der Waals surface area (Å²) >= 11 is 5.77. The molecule has 0 radical (unpaired) electrons. The number of benzene rings is 1. The quantitative estimate of drug-likeness (QED) is 0.660. The van der Waals surface area contributed by atoms with Gasteiger partial charge in [-0.15, -0.1) is 0 Å². The number of nitrogens with two attached hydrogens (primary N) is 2. The Hall–Kier alpha value is -0.730. The molecule has 0 aromatic heterocycles. The number of rotatable bonds is 2. The van der Waals surface area contributed by atoms with Gasteiger partial charge in [0.25, 0.3) is 0 Å². The first-order chi connectivity index (χ1) is 5.22. The molecule has 0 amide bonds. The first kappa shape index (κ1) is 8.37. The molecule has 0 aliphatic rings. The zero-order valence-electron chi connectivity index (χ0n) is 6.18. The van der Waals surface area contributed by atoms with Crippen molar-refractivity contribution in [2.24, 2.45) is 5.73 Å². The van der Waals surface area contributed by atoms with Gasteiger partial charge in [0, 0.05) is 10.7 Å². The van der Waals surface area contributed by atoms with Gasteiger partial charge in [-0.3, -0.25) is 0 Å². The van der Waals surface area contributed by atoms with Gasteiger partial charge in [0.05, 0.1) is 0 Å². The lowest BCUT2D eigenvalue weighted by Crippen LogP contribution is -2.02. The maximum Gasteiger partial charge on any atom is 0.0429 e. The summed E-state index contributed by atoms with van der Waals surface area (Å²) in [6.07, 6.45) is 0.824. The number of anilines is 1. The van der Waals surface area contributed by atoms with Gasteiger partial charge in [-0.05, 0) is 36.7 Å². The van der Waals surface area contributed by atoms with Crippen molar-refractivity contribution in [2.75, 3.05) is 12.3 Å². The van der Waals surface area contributed by atoms with E-state index in [0.717, 1.165) is 12.0 Å². The fourth-order valence-corrected chi connectivity index (χ4v) is 1.25. The molecule has 1 aromatic carbocycles. The molecular formula is C8H11ClN2. The average Bonchev–Trinajstić information content (AvgIpc) is 1.85. The molecule has 1 aromatic rings. The van der Waals surface area contributed by atoms with Crippen LogP contribution in [0.5, 0.6) is 0 Å². The van der Waals surface area contributed by atoms with E-state index in [-0.39, 0.29) is 0 Å². The van der Waals surface area contributed by atoms with Crippen molar-refractivity contribution in [1.29, 1.82) is 0 Å². The van der Waals surface area contributed by atoms with E-state index in [2.05, 4.69) is 0 Å². The first-order valence-electron chi connectivity index (χ1n) is 3.47. The lowest BCUT2D eigenvalue weighted by molar-refractivity contribution is 0.969. The molecule has 3 heteroatoms. The Balaban J connectivity index is 2.89. The van der Waals surface area contributed by atoms with Crippen LogP contribution in [-0.2, 0) is 6.42 Å². The molecule has 11 heavy (non-hydrogen) atoms. The standard InChI is InChI=1S/C8H11ClN2/c9-7-3-6(1-2-10)4-8(11)5-7/h3-5H,1-2,10-11H2. The summed E-state index contributed by atoms with van der Waals surface area (Å²) in [5.41, 5.74) is 12.7. The Morgan fingerprint density at radius 3 is 2.55 bits per heavy atom. The lowest BCUT2D eigenvalue weighted by Gasteiger charge is -2.00. The van der Waals surface area contributed by atoms with Crippen molar-refractivity contribution in [2.45, 2.75) is 6.42 Å². The van der Waals surface area contributed by atoms with E-state index in [1.54, 1.807) is 6.07 Å². The molecule has 0 heterocycles. The minimum Gasteiger partial charge on any atom is -0.399 e. The van der Waals surface area contributed by atoms with Crippen LogP contribution in [0.2, 0.25) is 5.02 Å². The Labute approximate surface area is 71.1 Å². The van der Waals surface area contributed by atoms with Crippen LogP contribution in [0.15, 0.2) is 18.2 Å². The summed E-state index contributed by atoms with van der Waals surface area (Å²) in [5.74, 6) is 0. The average molecular weight is 171 g/mol. The normalized spacial score (nSPS) is 10.0. The Bertz CT molecular complexity index is 228. The minimum absolute atomic E-state index is 0.625. The van der Waals surface area contributed by atoms with Crippen molar-refractivity contribution in [3.8, 4) is 0 Å². The van der Waals surface area contributed by atoms with Gasteiger partial charge < -0.3 is 11.5 Å². The number of halogens is 1. The van der Waals surface area contributed by atoms with Gasteiger partial charge >= 0.3 is 0 Å². The predicted molar refractivity (Wildman–Crippen MR) is 48.6 cm³/mol. The van der Waals surface area contributed by atoms with Crippen molar-refractivity contribution >= 4 is 17.3 Å². The Morgan fingerprint density at radius 2 is 2.00 bits per heavy atom. The van der Waals surface area contributed by atoms with E-state index in [0.29, 0.717) is 17.3 Å². The van der Waals surface area contributed by atoms with Crippen LogP contribution in [0.25, 0.3) is 0 Å². The largest absolute Gasteiger partial charge is 0.399 e. The SMILES string of the molecule is NCCc1cc(N)cc(Cl)c1. The third kappa shape index (κ3) is 2.41.